The van der Waals surface area contributed by atoms with E-state index >= 15 is 0 Å². The van der Waals surface area contributed by atoms with Gasteiger partial charge in [-0.25, -0.2) is 14.6 Å². The molecule has 2 aromatic rings. The van der Waals surface area contributed by atoms with Crippen LogP contribution in [0.4, 0.5) is 4.79 Å². The number of ether oxygens (including phenoxy) is 3. The number of nitrogens with one attached hydrogen (secondary N) is 1. The number of hydrogen-bond donors (Lipinski definition) is 1. The normalized spacial score (nSPS) is 11.8. The molecule has 7 nitrogen and oxygen atoms in total. The van der Waals surface area contributed by atoms with Crippen molar-refractivity contribution < 1.29 is 23.8 Å². The third-order valence-electron chi connectivity index (χ3n) is 3.25. The Morgan fingerprint density at radius 2 is 1.85 bits per heavy atom. The first kappa shape index (κ1) is 19.2. The minimum absolute atomic E-state index is 0.0254. The van der Waals surface area contributed by atoms with Crippen molar-refractivity contribution in [3.05, 3.63) is 41.6 Å². The lowest BCUT2D eigenvalue weighted by Gasteiger charge is -2.20. The molecule has 1 aromatic carbocycles. The molecule has 138 valence electrons. The van der Waals surface area contributed by atoms with Gasteiger partial charge in [-0.15, -0.1) is 0 Å². The van der Waals surface area contributed by atoms with Gasteiger partial charge in [-0.2, -0.15) is 0 Å². The van der Waals surface area contributed by atoms with Gasteiger partial charge >= 0.3 is 12.1 Å². The van der Waals surface area contributed by atoms with Gasteiger partial charge in [0.05, 0.1) is 19.7 Å². The van der Waals surface area contributed by atoms with Gasteiger partial charge in [0.1, 0.15) is 11.3 Å². The summed E-state index contributed by atoms with van der Waals surface area (Å²) in [6.45, 7) is 5.20. The topological polar surface area (TPSA) is 86.8 Å². The SMILES string of the molecule is COC(=O)/C(=C\c1ccc2nc(OC)ccc2c1)NC(=O)OC(C)(C)C. The van der Waals surface area contributed by atoms with Crippen molar-refractivity contribution in [2.75, 3.05) is 14.2 Å². The number of methoxy groups -OCH3 is 2. The predicted octanol–water partition coefficient (Wildman–Crippen LogP) is 3.28. The first-order valence-corrected chi connectivity index (χ1v) is 7.96. The maximum Gasteiger partial charge on any atom is 0.412 e. The van der Waals surface area contributed by atoms with Crippen LogP contribution in [0.1, 0.15) is 26.3 Å². The molecule has 0 saturated heterocycles. The molecule has 0 saturated carbocycles. The number of pyridine rings is 1. The Morgan fingerprint density at radius 1 is 1.12 bits per heavy atom. The van der Waals surface area contributed by atoms with Gasteiger partial charge in [0.15, 0.2) is 0 Å². The molecule has 0 aliphatic carbocycles. The molecule has 1 amide bonds. The van der Waals surface area contributed by atoms with Crippen LogP contribution in [-0.2, 0) is 14.3 Å². The number of rotatable bonds is 4. The summed E-state index contributed by atoms with van der Waals surface area (Å²) in [6.07, 6.45) is 0.778. The monoisotopic (exact) mass is 358 g/mol. The number of esters is 1. The van der Waals surface area contributed by atoms with Gasteiger partial charge < -0.3 is 14.2 Å². The second-order valence-corrected chi connectivity index (χ2v) is 6.48. The van der Waals surface area contributed by atoms with Crippen molar-refractivity contribution in [2.45, 2.75) is 26.4 Å². The van der Waals surface area contributed by atoms with Crippen molar-refractivity contribution in [1.29, 1.82) is 0 Å². The number of hydrogen-bond acceptors (Lipinski definition) is 6. The average Bonchev–Trinajstić information content (AvgIpc) is 2.58. The standard InChI is InChI=1S/C19H22N2O5/c1-19(2,3)26-18(23)21-15(17(22)25-5)11-12-6-8-14-13(10-12)7-9-16(20-14)24-4/h6-11H,1-5H3,(H,21,23)/b15-11+. The van der Waals surface area contributed by atoms with E-state index < -0.39 is 17.7 Å². The zero-order valence-corrected chi connectivity index (χ0v) is 15.5. The minimum atomic E-state index is -0.735. The number of carbonyl (C=O) groups excluding carboxylic acids is 2. The third kappa shape index (κ3) is 5.20. The van der Waals surface area contributed by atoms with E-state index in [1.807, 2.05) is 12.1 Å². The van der Waals surface area contributed by atoms with Crippen molar-refractivity contribution in [3.63, 3.8) is 0 Å². The van der Waals surface area contributed by atoms with Crippen LogP contribution >= 0.6 is 0 Å². The van der Waals surface area contributed by atoms with Crippen LogP contribution in [0.5, 0.6) is 5.88 Å². The molecule has 0 spiro atoms. The fraction of sp³-hybridized carbons (Fsp3) is 0.316. The van der Waals surface area contributed by atoms with Gasteiger partial charge in [-0.05, 0) is 50.6 Å². The predicted molar refractivity (Wildman–Crippen MR) is 97.7 cm³/mol. The summed E-state index contributed by atoms with van der Waals surface area (Å²) in [5, 5.41) is 3.29. The van der Waals surface area contributed by atoms with Crippen LogP contribution in [0.3, 0.4) is 0 Å². The summed E-state index contributed by atoms with van der Waals surface area (Å²) >= 11 is 0. The lowest BCUT2D eigenvalue weighted by Crippen LogP contribution is -2.34. The molecule has 1 N–H and O–H groups in total. The number of fused-ring (bicyclic) bond motifs is 1. The van der Waals surface area contributed by atoms with Gasteiger partial charge in [0, 0.05) is 11.5 Å². The second kappa shape index (κ2) is 7.86. The highest BCUT2D eigenvalue weighted by Crippen LogP contribution is 2.19. The summed E-state index contributed by atoms with van der Waals surface area (Å²) in [5.74, 6) is -0.161. The number of nitrogens with zero attached hydrogens (tertiary/aromatic N) is 1. The van der Waals surface area contributed by atoms with Gasteiger partial charge in [-0.3, -0.25) is 5.32 Å². The highest BCUT2D eigenvalue weighted by Gasteiger charge is 2.20. The molecule has 0 fully saturated rings. The average molecular weight is 358 g/mol. The first-order chi connectivity index (χ1) is 12.2. The number of aromatic nitrogens is 1. The molecular formula is C19H22N2O5. The van der Waals surface area contributed by atoms with E-state index in [4.69, 9.17) is 14.2 Å². The van der Waals surface area contributed by atoms with Crippen LogP contribution < -0.4 is 10.1 Å². The lowest BCUT2D eigenvalue weighted by molar-refractivity contribution is -0.136. The van der Waals surface area contributed by atoms with Crippen LogP contribution in [0.15, 0.2) is 36.0 Å². The smallest absolute Gasteiger partial charge is 0.412 e. The number of benzene rings is 1. The quantitative estimate of drug-likeness (QED) is 0.667. The summed E-state index contributed by atoms with van der Waals surface area (Å²) in [4.78, 5) is 28.3. The van der Waals surface area contributed by atoms with Crippen LogP contribution in [0.25, 0.3) is 17.0 Å². The van der Waals surface area contributed by atoms with E-state index in [1.54, 1.807) is 46.1 Å². The Balaban J connectivity index is 2.32. The van der Waals surface area contributed by atoms with Gasteiger partial charge in [-0.1, -0.05) is 6.07 Å². The fourth-order valence-corrected chi connectivity index (χ4v) is 2.17. The molecule has 1 heterocycles. The van der Waals surface area contributed by atoms with E-state index in [0.29, 0.717) is 11.4 Å². The number of amides is 1. The van der Waals surface area contributed by atoms with Crippen molar-refractivity contribution in [1.82, 2.24) is 10.3 Å². The number of carbonyl (C=O) groups is 2. The molecule has 0 aliphatic heterocycles. The molecular weight excluding hydrogens is 336 g/mol. The van der Waals surface area contributed by atoms with E-state index in [1.165, 1.54) is 13.2 Å². The maximum absolute atomic E-state index is 12.0. The first-order valence-electron chi connectivity index (χ1n) is 7.96. The van der Waals surface area contributed by atoms with Crippen molar-refractivity contribution in [2.24, 2.45) is 0 Å². The molecule has 0 atom stereocenters. The van der Waals surface area contributed by atoms with E-state index in [2.05, 4.69) is 10.3 Å². The van der Waals surface area contributed by atoms with E-state index in [0.717, 1.165) is 10.9 Å². The second-order valence-electron chi connectivity index (χ2n) is 6.48. The highest BCUT2D eigenvalue weighted by atomic mass is 16.6. The molecule has 26 heavy (non-hydrogen) atoms. The van der Waals surface area contributed by atoms with E-state index in [-0.39, 0.29) is 5.70 Å². The lowest BCUT2D eigenvalue weighted by atomic mass is 10.1. The zero-order chi connectivity index (χ0) is 19.3. The minimum Gasteiger partial charge on any atom is -0.481 e. The zero-order valence-electron chi connectivity index (χ0n) is 15.5. The van der Waals surface area contributed by atoms with Crippen LogP contribution in [-0.4, -0.2) is 36.9 Å². The molecule has 0 aliphatic rings. The van der Waals surface area contributed by atoms with Crippen molar-refractivity contribution >= 4 is 29.0 Å². The maximum atomic E-state index is 12.0. The van der Waals surface area contributed by atoms with Gasteiger partial charge in [0.25, 0.3) is 0 Å². The van der Waals surface area contributed by atoms with Crippen LogP contribution in [0.2, 0.25) is 0 Å². The summed E-state index contributed by atoms with van der Waals surface area (Å²) in [6, 6.07) is 9.01. The summed E-state index contributed by atoms with van der Waals surface area (Å²) in [7, 11) is 2.79. The van der Waals surface area contributed by atoms with Gasteiger partial charge in [0.2, 0.25) is 5.88 Å². The Hall–Kier alpha value is -3.09. The molecule has 7 heteroatoms. The summed E-state index contributed by atoms with van der Waals surface area (Å²) < 4.78 is 15.0. The highest BCUT2D eigenvalue weighted by molar-refractivity contribution is 5.97. The van der Waals surface area contributed by atoms with E-state index in [9.17, 15) is 9.59 Å². The van der Waals surface area contributed by atoms with Crippen molar-refractivity contribution in [3.8, 4) is 5.88 Å². The Morgan fingerprint density at radius 3 is 2.46 bits per heavy atom. The fourth-order valence-electron chi connectivity index (χ4n) is 2.17. The number of alkyl carbamates (subject to hydrolysis) is 1. The molecule has 0 bridgehead atoms. The Labute approximate surface area is 152 Å². The molecule has 0 radical (unpaired) electrons. The largest absolute Gasteiger partial charge is 0.481 e. The molecule has 2 rings (SSSR count). The van der Waals surface area contributed by atoms with Crippen LogP contribution in [0, 0.1) is 0 Å². The third-order valence-corrected chi connectivity index (χ3v) is 3.25. The molecule has 0 unspecified atom stereocenters. The summed E-state index contributed by atoms with van der Waals surface area (Å²) in [5.41, 5.74) is 0.739. The Bertz CT molecular complexity index is 853. The Kier molecular flexibility index (Phi) is 5.82. The molecule has 1 aromatic heterocycles.